The van der Waals surface area contributed by atoms with Crippen LogP contribution in [0.4, 0.5) is 0 Å². The first-order chi connectivity index (χ1) is 8.22. The highest BCUT2D eigenvalue weighted by atomic mass is 16.5. The summed E-state index contributed by atoms with van der Waals surface area (Å²) in [5.41, 5.74) is 1.13. The number of carbonyl (C=O) groups excluding carboxylic acids is 1. The summed E-state index contributed by atoms with van der Waals surface area (Å²) in [5.74, 6) is -0.204. The van der Waals surface area contributed by atoms with Crippen LogP contribution in [0.5, 0.6) is 0 Å². The lowest BCUT2D eigenvalue weighted by molar-refractivity contribution is -0.145. The average Bonchev–Trinajstić information content (AvgIpc) is 3.06. The molecule has 1 aliphatic rings. The fourth-order valence-corrected chi connectivity index (χ4v) is 1.76. The highest BCUT2D eigenvalue weighted by molar-refractivity contribution is 5.75. The van der Waals surface area contributed by atoms with E-state index in [1.807, 2.05) is 26.4 Å². The van der Waals surface area contributed by atoms with Gasteiger partial charge in [0.15, 0.2) is 0 Å². The van der Waals surface area contributed by atoms with Crippen LogP contribution in [0.15, 0.2) is 12.5 Å². The van der Waals surface area contributed by atoms with Gasteiger partial charge in [-0.15, -0.1) is 0 Å². The molecule has 0 radical (unpaired) electrons. The Morgan fingerprint density at radius 3 is 3.12 bits per heavy atom. The number of hydrogen-bond donors (Lipinski definition) is 1. The molecule has 1 N–H and O–H groups in total. The molecule has 0 spiro atoms. The van der Waals surface area contributed by atoms with Crippen LogP contribution in [0.2, 0.25) is 0 Å². The predicted octanol–water partition coefficient (Wildman–Crippen LogP) is 1.26. The Labute approximate surface area is 101 Å². The van der Waals surface area contributed by atoms with E-state index < -0.39 is 0 Å². The number of hydrogen-bond acceptors (Lipinski definition) is 4. The fraction of sp³-hybridized carbons (Fsp3) is 0.667. The molecule has 1 aromatic heterocycles. The molecule has 0 bridgehead atoms. The third-order valence-corrected chi connectivity index (χ3v) is 2.92. The van der Waals surface area contributed by atoms with Crippen molar-refractivity contribution in [2.45, 2.75) is 45.3 Å². The molecule has 1 aromatic rings. The molecule has 0 aliphatic heterocycles. The Balaban J connectivity index is 1.84. The van der Waals surface area contributed by atoms with E-state index >= 15 is 0 Å². The lowest BCUT2D eigenvalue weighted by Crippen LogP contribution is -2.35. The second kappa shape index (κ2) is 5.31. The number of imidazole rings is 1. The zero-order chi connectivity index (χ0) is 12.3. The van der Waals surface area contributed by atoms with Gasteiger partial charge in [-0.2, -0.15) is 0 Å². The Kier molecular flexibility index (Phi) is 3.78. The molecule has 5 heteroatoms. The Hall–Kier alpha value is -1.36. The van der Waals surface area contributed by atoms with E-state index in [1.165, 1.54) is 12.8 Å². The standard InChI is InChI=1S/C12H19N3O2/c1-3-17-12(16)9(2)14-7-11-6-13-8-15(11)10-4-5-10/h6,8-10,14H,3-5,7H2,1-2H3. The molecule has 5 nitrogen and oxygen atoms in total. The topological polar surface area (TPSA) is 56.1 Å². The maximum Gasteiger partial charge on any atom is 0.322 e. The van der Waals surface area contributed by atoms with Crippen molar-refractivity contribution in [3.63, 3.8) is 0 Å². The van der Waals surface area contributed by atoms with Crippen molar-refractivity contribution in [2.75, 3.05) is 6.61 Å². The van der Waals surface area contributed by atoms with Crippen LogP contribution in [-0.2, 0) is 16.1 Å². The summed E-state index contributed by atoms with van der Waals surface area (Å²) in [4.78, 5) is 15.6. The largest absolute Gasteiger partial charge is 0.465 e. The third-order valence-electron chi connectivity index (χ3n) is 2.92. The number of nitrogens with one attached hydrogen (secondary N) is 1. The molecule has 94 valence electrons. The number of carbonyl (C=O) groups is 1. The smallest absolute Gasteiger partial charge is 0.322 e. The van der Waals surface area contributed by atoms with Gasteiger partial charge in [-0.1, -0.05) is 0 Å². The van der Waals surface area contributed by atoms with Crippen LogP contribution >= 0.6 is 0 Å². The van der Waals surface area contributed by atoms with Crippen LogP contribution in [0.1, 0.15) is 38.4 Å². The average molecular weight is 237 g/mol. The van der Waals surface area contributed by atoms with Crippen molar-refractivity contribution in [2.24, 2.45) is 0 Å². The second-order valence-electron chi connectivity index (χ2n) is 4.38. The molecule has 0 aromatic carbocycles. The molecular formula is C12H19N3O2. The molecule has 0 amide bonds. The summed E-state index contributed by atoms with van der Waals surface area (Å²) < 4.78 is 7.13. The molecule has 2 rings (SSSR count). The van der Waals surface area contributed by atoms with Crippen LogP contribution < -0.4 is 5.32 Å². The molecule has 1 fully saturated rings. The first-order valence-corrected chi connectivity index (χ1v) is 6.13. The lowest BCUT2D eigenvalue weighted by atomic mass is 10.3. The van der Waals surface area contributed by atoms with Crippen LogP contribution in [0, 0.1) is 0 Å². The van der Waals surface area contributed by atoms with E-state index in [4.69, 9.17) is 4.74 Å². The monoisotopic (exact) mass is 237 g/mol. The third kappa shape index (κ3) is 3.06. The summed E-state index contributed by atoms with van der Waals surface area (Å²) in [5, 5.41) is 3.16. The summed E-state index contributed by atoms with van der Waals surface area (Å²) in [6.45, 7) is 4.70. The van der Waals surface area contributed by atoms with Gasteiger partial charge in [-0.3, -0.25) is 10.1 Å². The molecule has 1 saturated carbocycles. The quantitative estimate of drug-likeness (QED) is 0.757. The van der Waals surface area contributed by atoms with Crippen molar-refractivity contribution in [1.82, 2.24) is 14.9 Å². The van der Waals surface area contributed by atoms with Crippen molar-refractivity contribution >= 4 is 5.97 Å². The molecule has 1 atom stereocenters. The molecule has 1 heterocycles. The zero-order valence-corrected chi connectivity index (χ0v) is 10.3. The molecule has 0 saturated heterocycles. The van der Waals surface area contributed by atoms with Gasteiger partial charge >= 0.3 is 5.97 Å². The maximum absolute atomic E-state index is 11.4. The number of nitrogens with zero attached hydrogens (tertiary/aromatic N) is 2. The Morgan fingerprint density at radius 2 is 2.47 bits per heavy atom. The predicted molar refractivity (Wildman–Crippen MR) is 63.4 cm³/mol. The summed E-state index contributed by atoms with van der Waals surface area (Å²) >= 11 is 0. The van der Waals surface area contributed by atoms with Crippen molar-refractivity contribution in [1.29, 1.82) is 0 Å². The van der Waals surface area contributed by atoms with Gasteiger partial charge < -0.3 is 9.30 Å². The minimum Gasteiger partial charge on any atom is -0.465 e. The SMILES string of the molecule is CCOC(=O)C(C)NCc1cncn1C1CC1. The highest BCUT2D eigenvalue weighted by Gasteiger charge is 2.25. The van der Waals surface area contributed by atoms with Gasteiger partial charge in [0.2, 0.25) is 0 Å². The van der Waals surface area contributed by atoms with Gasteiger partial charge in [-0.05, 0) is 26.7 Å². The molecular weight excluding hydrogens is 218 g/mol. The van der Waals surface area contributed by atoms with Crippen LogP contribution in [0.3, 0.4) is 0 Å². The van der Waals surface area contributed by atoms with Gasteiger partial charge in [0.25, 0.3) is 0 Å². The van der Waals surface area contributed by atoms with Crippen LogP contribution in [-0.4, -0.2) is 28.2 Å². The van der Waals surface area contributed by atoms with Gasteiger partial charge in [-0.25, -0.2) is 4.98 Å². The number of ether oxygens (including phenoxy) is 1. The van der Waals surface area contributed by atoms with Gasteiger partial charge in [0.1, 0.15) is 6.04 Å². The fourth-order valence-electron chi connectivity index (χ4n) is 1.76. The summed E-state index contributed by atoms with van der Waals surface area (Å²) in [7, 11) is 0. The van der Waals surface area contributed by atoms with E-state index in [1.54, 1.807) is 0 Å². The van der Waals surface area contributed by atoms with Crippen LogP contribution in [0.25, 0.3) is 0 Å². The number of rotatable bonds is 6. The van der Waals surface area contributed by atoms with E-state index in [0.717, 1.165) is 5.69 Å². The highest BCUT2D eigenvalue weighted by Crippen LogP contribution is 2.35. The Morgan fingerprint density at radius 1 is 1.71 bits per heavy atom. The first kappa shape index (κ1) is 12.1. The summed E-state index contributed by atoms with van der Waals surface area (Å²) in [6.07, 6.45) is 6.18. The molecule has 1 unspecified atom stereocenters. The number of esters is 1. The lowest BCUT2D eigenvalue weighted by Gasteiger charge is -2.13. The maximum atomic E-state index is 11.4. The van der Waals surface area contributed by atoms with Crippen molar-refractivity contribution in [3.05, 3.63) is 18.2 Å². The van der Waals surface area contributed by atoms with Crippen molar-refractivity contribution < 1.29 is 9.53 Å². The van der Waals surface area contributed by atoms with E-state index in [2.05, 4.69) is 14.9 Å². The molecule has 1 aliphatic carbocycles. The van der Waals surface area contributed by atoms with Crippen molar-refractivity contribution in [3.8, 4) is 0 Å². The Bertz CT molecular complexity index is 385. The molecule has 17 heavy (non-hydrogen) atoms. The normalized spacial score (nSPS) is 16.8. The van der Waals surface area contributed by atoms with E-state index in [-0.39, 0.29) is 12.0 Å². The van der Waals surface area contributed by atoms with E-state index in [0.29, 0.717) is 19.2 Å². The zero-order valence-electron chi connectivity index (χ0n) is 10.3. The second-order valence-corrected chi connectivity index (χ2v) is 4.38. The summed E-state index contributed by atoms with van der Waals surface area (Å²) in [6, 6.07) is 0.338. The van der Waals surface area contributed by atoms with Gasteiger partial charge in [0.05, 0.1) is 18.6 Å². The number of aromatic nitrogens is 2. The minimum atomic E-state index is -0.280. The van der Waals surface area contributed by atoms with Gasteiger partial charge in [0, 0.05) is 18.8 Å². The minimum absolute atomic E-state index is 0.204. The van der Waals surface area contributed by atoms with E-state index in [9.17, 15) is 4.79 Å². The first-order valence-electron chi connectivity index (χ1n) is 6.13.